The Kier molecular flexibility index (Phi) is 6.39. The minimum atomic E-state index is -0.527. The first kappa shape index (κ1) is 16.6. The number of nitrogens with one attached hydrogen (secondary N) is 1. The maximum absolute atomic E-state index is 10.1. The molecule has 0 fully saturated rings. The second kappa shape index (κ2) is 8.06. The van der Waals surface area contributed by atoms with Crippen molar-refractivity contribution in [1.29, 1.82) is 0 Å². The summed E-state index contributed by atoms with van der Waals surface area (Å²) in [6, 6.07) is 9.76. The first-order valence-corrected chi connectivity index (χ1v) is 8.91. The minimum absolute atomic E-state index is 0.497. The van der Waals surface area contributed by atoms with E-state index in [4.69, 9.17) is 16.3 Å². The van der Waals surface area contributed by atoms with Gasteiger partial charge in [0.2, 0.25) is 0 Å². The summed E-state index contributed by atoms with van der Waals surface area (Å²) in [5, 5.41) is 13.3. The van der Waals surface area contributed by atoms with E-state index in [0.717, 1.165) is 21.1 Å². The molecule has 0 spiro atoms. The fourth-order valence-corrected chi connectivity index (χ4v) is 3.62. The van der Waals surface area contributed by atoms with Gasteiger partial charge >= 0.3 is 0 Å². The lowest BCUT2D eigenvalue weighted by Crippen LogP contribution is -2.20. The predicted octanol–water partition coefficient (Wildman–Crippen LogP) is 3.96. The molecule has 1 aromatic carbocycles. The Hall–Kier alpha value is -0.720. The van der Waals surface area contributed by atoms with E-state index in [9.17, 15) is 5.11 Å². The molecular formula is C15H18ClNO2S2. The highest BCUT2D eigenvalue weighted by atomic mass is 35.5. The zero-order chi connectivity index (χ0) is 15.2. The van der Waals surface area contributed by atoms with Crippen molar-refractivity contribution >= 4 is 34.7 Å². The average Bonchev–Trinajstić information content (AvgIpc) is 2.93. The Morgan fingerprint density at radius 1 is 1.38 bits per heavy atom. The molecule has 0 radical (unpaired) electrons. The summed E-state index contributed by atoms with van der Waals surface area (Å²) in [4.78, 5) is 1.99. The van der Waals surface area contributed by atoms with Crippen LogP contribution in [0.1, 0.15) is 16.5 Å². The van der Waals surface area contributed by atoms with E-state index in [0.29, 0.717) is 17.4 Å². The van der Waals surface area contributed by atoms with Gasteiger partial charge < -0.3 is 15.2 Å². The van der Waals surface area contributed by atoms with Gasteiger partial charge in [-0.15, -0.1) is 23.1 Å². The van der Waals surface area contributed by atoms with E-state index >= 15 is 0 Å². The monoisotopic (exact) mass is 343 g/mol. The highest BCUT2D eigenvalue weighted by molar-refractivity contribution is 7.98. The van der Waals surface area contributed by atoms with E-state index in [-0.39, 0.29) is 0 Å². The number of methoxy groups -OCH3 is 1. The highest BCUT2D eigenvalue weighted by Gasteiger charge is 2.10. The highest BCUT2D eigenvalue weighted by Crippen LogP contribution is 2.29. The minimum Gasteiger partial charge on any atom is -0.496 e. The SMILES string of the molecule is COc1ccc(CNCC(O)c2ccc(Cl)s2)cc1SC. The summed E-state index contributed by atoms with van der Waals surface area (Å²) in [6.45, 7) is 1.20. The lowest BCUT2D eigenvalue weighted by Gasteiger charge is -2.12. The smallest absolute Gasteiger partial charge is 0.132 e. The Labute approximate surface area is 138 Å². The van der Waals surface area contributed by atoms with Crippen LogP contribution in [0.15, 0.2) is 35.2 Å². The van der Waals surface area contributed by atoms with E-state index in [1.54, 1.807) is 24.9 Å². The summed E-state index contributed by atoms with van der Waals surface area (Å²) in [7, 11) is 1.68. The number of aliphatic hydroxyl groups excluding tert-OH is 1. The molecule has 114 valence electrons. The summed E-state index contributed by atoms with van der Waals surface area (Å²) >= 11 is 8.94. The van der Waals surface area contributed by atoms with Crippen LogP contribution < -0.4 is 10.1 Å². The largest absolute Gasteiger partial charge is 0.496 e. The van der Waals surface area contributed by atoms with Crippen LogP contribution in [0.4, 0.5) is 0 Å². The van der Waals surface area contributed by atoms with Gasteiger partial charge in [0.05, 0.1) is 11.4 Å². The van der Waals surface area contributed by atoms with Crippen molar-refractivity contribution in [3.05, 3.63) is 45.1 Å². The van der Waals surface area contributed by atoms with Gasteiger partial charge in [0, 0.05) is 22.9 Å². The molecule has 0 aliphatic rings. The zero-order valence-electron chi connectivity index (χ0n) is 11.9. The Bertz CT molecular complexity index is 589. The van der Waals surface area contributed by atoms with Gasteiger partial charge in [0.25, 0.3) is 0 Å². The van der Waals surface area contributed by atoms with Gasteiger partial charge in [-0.05, 0) is 36.1 Å². The van der Waals surface area contributed by atoms with Gasteiger partial charge in [-0.2, -0.15) is 0 Å². The first-order chi connectivity index (χ1) is 10.1. The molecule has 0 aliphatic heterocycles. The van der Waals surface area contributed by atoms with Crippen LogP contribution in [0.2, 0.25) is 4.34 Å². The second-order valence-electron chi connectivity index (χ2n) is 4.48. The number of hydrogen-bond donors (Lipinski definition) is 2. The molecule has 2 rings (SSSR count). The molecule has 0 bridgehead atoms. The third-order valence-corrected chi connectivity index (χ3v) is 5.13. The third-order valence-electron chi connectivity index (χ3n) is 3.04. The quantitative estimate of drug-likeness (QED) is 0.747. The van der Waals surface area contributed by atoms with Gasteiger partial charge in [0.1, 0.15) is 11.9 Å². The molecule has 0 saturated carbocycles. The Morgan fingerprint density at radius 2 is 2.19 bits per heavy atom. The number of aliphatic hydroxyl groups is 1. The van der Waals surface area contributed by atoms with Crippen molar-refractivity contribution in [2.24, 2.45) is 0 Å². The predicted molar refractivity (Wildman–Crippen MR) is 90.8 cm³/mol. The van der Waals surface area contributed by atoms with Gasteiger partial charge in [0.15, 0.2) is 0 Å². The molecule has 21 heavy (non-hydrogen) atoms. The molecule has 6 heteroatoms. The lowest BCUT2D eigenvalue weighted by molar-refractivity contribution is 0.178. The van der Waals surface area contributed by atoms with Crippen molar-refractivity contribution in [2.45, 2.75) is 17.5 Å². The van der Waals surface area contributed by atoms with E-state index in [2.05, 4.69) is 11.4 Å². The summed E-state index contributed by atoms with van der Waals surface area (Å²) < 4.78 is 6.00. The zero-order valence-corrected chi connectivity index (χ0v) is 14.3. The van der Waals surface area contributed by atoms with E-state index in [1.165, 1.54) is 11.3 Å². The molecule has 1 heterocycles. The molecule has 1 atom stereocenters. The molecule has 2 aromatic rings. The van der Waals surface area contributed by atoms with Crippen LogP contribution in [0.3, 0.4) is 0 Å². The van der Waals surface area contributed by atoms with E-state index < -0.39 is 6.10 Å². The van der Waals surface area contributed by atoms with Gasteiger partial charge in [-0.25, -0.2) is 0 Å². The van der Waals surface area contributed by atoms with Crippen LogP contribution >= 0.6 is 34.7 Å². The summed E-state index contributed by atoms with van der Waals surface area (Å²) in [5.74, 6) is 0.888. The number of rotatable bonds is 7. The number of ether oxygens (including phenoxy) is 1. The molecule has 0 amide bonds. The lowest BCUT2D eigenvalue weighted by atomic mass is 10.2. The number of thioether (sulfide) groups is 1. The van der Waals surface area contributed by atoms with Crippen molar-refractivity contribution < 1.29 is 9.84 Å². The fraction of sp³-hybridized carbons (Fsp3) is 0.333. The van der Waals surface area contributed by atoms with Gasteiger partial charge in [-0.3, -0.25) is 0 Å². The topological polar surface area (TPSA) is 41.5 Å². The Balaban J connectivity index is 1.88. The van der Waals surface area contributed by atoms with Crippen LogP contribution in [0, 0.1) is 0 Å². The van der Waals surface area contributed by atoms with Crippen molar-refractivity contribution in [2.75, 3.05) is 19.9 Å². The molecule has 2 N–H and O–H groups in total. The van der Waals surface area contributed by atoms with Crippen LogP contribution in [0.5, 0.6) is 5.75 Å². The molecule has 1 unspecified atom stereocenters. The Morgan fingerprint density at radius 3 is 2.81 bits per heavy atom. The van der Waals surface area contributed by atoms with E-state index in [1.807, 2.05) is 24.5 Å². The molecule has 3 nitrogen and oxygen atoms in total. The number of halogens is 1. The maximum Gasteiger partial charge on any atom is 0.132 e. The average molecular weight is 344 g/mol. The maximum atomic E-state index is 10.1. The molecular weight excluding hydrogens is 326 g/mol. The first-order valence-electron chi connectivity index (χ1n) is 6.49. The number of hydrogen-bond acceptors (Lipinski definition) is 5. The van der Waals surface area contributed by atoms with Crippen molar-refractivity contribution in [3.8, 4) is 5.75 Å². The third kappa shape index (κ3) is 4.63. The second-order valence-corrected chi connectivity index (χ2v) is 7.07. The number of benzene rings is 1. The standard InChI is InChI=1S/C15H18ClNO2S2/c1-19-12-4-3-10(7-14(12)20-2)8-17-9-11(18)13-5-6-15(16)21-13/h3-7,11,17-18H,8-9H2,1-2H3. The normalized spacial score (nSPS) is 12.4. The fourth-order valence-electron chi connectivity index (χ4n) is 1.95. The molecule has 1 aromatic heterocycles. The molecule has 0 aliphatic carbocycles. The van der Waals surface area contributed by atoms with Crippen molar-refractivity contribution in [1.82, 2.24) is 5.32 Å². The van der Waals surface area contributed by atoms with Gasteiger partial charge in [-0.1, -0.05) is 17.7 Å². The van der Waals surface area contributed by atoms with Crippen LogP contribution in [-0.2, 0) is 6.54 Å². The summed E-state index contributed by atoms with van der Waals surface area (Å²) in [5.41, 5.74) is 1.16. The van der Waals surface area contributed by atoms with Crippen molar-refractivity contribution in [3.63, 3.8) is 0 Å². The van der Waals surface area contributed by atoms with Crippen LogP contribution in [-0.4, -0.2) is 25.0 Å². The molecule has 0 saturated heterocycles. The van der Waals surface area contributed by atoms with Crippen LogP contribution in [0.25, 0.3) is 0 Å². The summed E-state index contributed by atoms with van der Waals surface area (Å²) in [6.07, 6.45) is 1.50. The number of thiophene rings is 1.